The molecule has 1 aliphatic rings. The Morgan fingerprint density at radius 2 is 1.38 bits per heavy atom. The van der Waals surface area contributed by atoms with E-state index in [1.54, 1.807) is 0 Å². The molecule has 0 unspecified atom stereocenters. The number of hydrogen-bond donors (Lipinski definition) is 0. The van der Waals surface area contributed by atoms with Gasteiger partial charge in [-0.2, -0.15) is 0 Å². The summed E-state index contributed by atoms with van der Waals surface area (Å²) in [6.07, 6.45) is 0. The molecule has 0 heterocycles. The summed E-state index contributed by atoms with van der Waals surface area (Å²) in [5.41, 5.74) is 5.74. The molecular formula is C25H17Br. The van der Waals surface area contributed by atoms with Crippen LogP contribution in [0.4, 0.5) is 0 Å². The Kier molecular flexibility index (Phi) is 2.65. The van der Waals surface area contributed by atoms with Gasteiger partial charge in [-0.05, 0) is 66.7 Å². The fourth-order valence-corrected chi connectivity index (χ4v) is 5.48. The molecule has 0 saturated carbocycles. The summed E-state index contributed by atoms with van der Waals surface area (Å²) in [6, 6.07) is 24.9. The maximum absolute atomic E-state index is 3.75. The predicted molar refractivity (Wildman–Crippen MR) is 115 cm³/mol. The van der Waals surface area contributed by atoms with Gasteiger partial charge in [-0.15, -0.1) is 0 Å². The van der Waals surface area contributed by atoms with Crippen molar-refractivity contribution in [2.24, 2.45) is 0 Å². The molecule has 0 fully saturated rings. The fourth-order valence-electron chi connectivity index (χ4n) is 5.01. The van der Waals surface area contributed by atoms with Crippen LogP contribution in [0.1, 0.15) is 25.0 Å². The molecule has 0 radical (unpaired) electrons. The average Bonchev–Trinajstić information content (AvgIpc) is 2.89. The SMILES string of the molecule is CC1(C)c2ccccc2-c2c1cc1ccc3c(Br)ccc4ccc2c1c43. The predicted octanol–water partition coefficient (Wildman–Crippen LogP) is 7.65. The summed E-state index contributed by atoms with van der Waals surface area (Å²) in [4.78, 5) is 0. The van der Waals surface area contributed by atoms with Gasteiger partial charge in [0.05, 0.1) is 0 Å². The van der Waals surface area contributed by atoms with Crippen molar-refractivity contribution in [2.45, 2.75) is 19.3 Å². The van der Waals surface area contributed by atoms with Gasteiger partial charge in [-0.1, -0.05) is 84.4 Å². The van der Waals surface area contributed by atoms with E-state index >= 15 is 0 Å². The van der Waals surface area contributed by atoms with E-state index in [0.717, 1.165) is 0 Å². The van der Waals surface area contributed by atoms with Crippen molar-refractivity contribution < 1.29 is 0 Å². The molecule has 0 N–H and O–H groups in total. The van der Waals surface area contributed by atoms with Crippen molar-refractivity contribution in [3.05, 3.63) is 82.3 Å². The number of hydrogen-bond acceptors (Lipinski definition) is 0. The Bertz CT molecular complexity index is 1360. The third-order valence-corrected chi connectivity index (χ3v) is 6.96. The molecule has 0 amide bonds. The standard InChI is InChI=1S/C25H17Br/c1-25(2)19-6-4-3-5-16(19)24-18-11-7-14-9-12-21(26)17-10-8-15(13-20(24)25)23(18)22(14)17/h3-13H,1-2H3. The Balaban J connectivity index is 1.92. The maximum Gasteiger partial charge on any atom is 0.0254 e. The summed E-state index contributed by atoms with van der Waals surface area (Å²) in [6.45, 7) is 4.71. The molecule has 26 heavy (non-hydrogen) atoms. The topological polar surface area (TPSA) is 0 Å². The molecule has 0 spiro atoms. The number of fused-ring (bicyclic) bond motifs is 4. The van der Waals surface area contributed by atoms with Crippen LogP contribution in [-0.2, 0) is 5.41 Å². The van der Waals surface area contributed by atoms with Crippen LogP contribution < -0.4 is 0 Å². The van der Waals surface area contributed by atoms with Crippen molar-refractivity contribution in [2.75, 3.05) is 0 Å². The first kappa shape index (κ1) is 14.8. The normalized spacial score (nSPS) is 15.0. The Morgan fingerprint density at radius 1 is 0.692 bits per heavy atom. The van der Waals surface area contributed by atoms with Crippen LogP contribution in [0.15, 0.2) is 71.2 Å². The average molecular weight is 397 g/mol. The Hall–Kier alpha value is -2.38. The zero-order valence-corrected chi connectivity index (χ0v) is 16.3. The third kappa shape index (κ3) is 1.61. The second kappa shape index (κ2) is 4.66. The molecule has 6 rings (SSSR count). The summed E-state index contributed by atoms with van der Waals surface area (Å²) in [7, 11) is 0. The van der Waals surface area contributed by atoms with Gasteiger partial charge in [0.1, 0.15) is 0 Å². The van der Waals surface area contributed by atoms with Gasteiger partial charge < -0.3 is 0 Å². The minimum atomic E-state index is 0.0387. The van der Waals surface area contributed by atoms with E-state index in [1.807, 2.05) is 0 Å². The highest BCUT2D eigenvalue weighted by Gasteiger charge is 2.36. The lowest BCUT2D eigenvalue weighted by Crippen LogP contribution is -2.14. The monoisotopic (exact) mass is 396 g/mol. The molecular weight excluding hydrogens is 380 g/mol. The van der Waals surface area contributed by atoms with Crippen LogP contribution >= 0.6 is 15.9 Å². The van der Waals surface area contributed by atoms with Crippen molar-refractivity contribution in [1.29, 1.82) is 0 Å². The fraction of sp³-hybridized carbons (Fsp3) is 0.120. The first-order chi connectivity index (χ1) is 12.6. The van der Waals surface area contributed by atoms with Gasteiger partial charge >= 0.3 is 0 Å². The maximum atomic E-state index is 3.75. The second-order valence-corrected chi connectivity index (χ2v) is 8.79. The molecule has 0 bridgehead atoms. The van der Waals surface area contributed by atoms with Crippen molar-refractivity contribution in [3.63, 3.8) is 0 Å². The first-order valence-electron chi connectivity index (χ1n) is 9.08. The lowest BCUT2D eigenvalue weighted by molar-refractivity contribution is 0.661. The van der Waals surface area contributed by atoms with Crippen LogP contribution in [0.25, 0.3) is 43.4 Å². The van der Waals surface area contributed by atoms with Crippen LogP contribution in [0, 0.1) is 0 Å². The summed E-state index contributed by atoms with van der Waals surface area (Å²) in [5.74, 6) is 0. The summed E-state index contributed by atoms with van der Waals surface area (Å²) >= 11 is 3.75. The molecule has 0 atom stereocenters. The molecule has 0 aliphatic heterocycles. The molecule has 0 aromatic heterocycles. The largest absolute Gasteiger partial charge is 0.0619 e. The number of rotatable bonds is 0. The molecule has 5 aromatic carbocycles. The van der Waals surface area contributed by atoms with Gasteiger partial charge in [0, 0.05) is 9.89 Å². The highest BCUT2D eigenvalue weighted by Crippen LogP contribution is 2.53. The highest BCUT2D eigenvalue weighted by molar-refractivity contribution is 9.10. The molecule has 0 nitrogen and oxygen atoms in total. The van der Waals surface area contributed by atoms with E-state index in [-0.39, 0.29) is 5.41 Å². The summed E-state index contributed by atoms with van der Waals surface area (Å²) < 4.78 is 1.17. The van der Waals surface area contributed by atoms with E-state index in [4.69, 9.17) is 0 Å². The van der Waals surface area contributed by atoms with Gasteiger partial charge in [-0.3, -0.25) is 0 Å². The molecule has 0 saturated heterocycles. The van der Waals surface area contributed by atoms with E-state index < -0.39 is 0 Å². The van der Waals surface area contributed by atoms with Crippen LogP contribution in [-0.4, -0.2) is 0 Å². The van der Waals surface area contributed by atoms with Gasteiger partial charge in [0.2, 0.25) is 0 Å². The molecule has 1 heteroatoms. The van der Waals surface area contributed by atoms with Crippen molar-refractivity contribution >= 4 is 48.2 Å². The molecule has 124 valence electrons. The zero-order chi connectivity index (χ0) is 17.6. The zero-order valence-electron chi connectivity index (χ0n) is 14.7. The number of halogens is 1. The van der Waals surface area contributed by atoms with Crippen LogP contribution in [0.2, 0.25) is 0 Å². The van der Waals surface area contributed by atoms with Gasteiger partial charge in [-0.25, -0.2) is 0 Å². The second-order valence-electron chi connectivity index (χ2n) is 7.94. The Labute approximate surface area is 160 Å². The minimum absolute atomic E-state index is 0.0387. The van der Waals surface area contributed by atoms with E-state index in [2.05, 4.69) is 96.5 Å². The first-order valence-corrected chi connectivity index (χ1v) is 9.87. The van der Waals surface area contributed by atoms with E-state index in [9.17, 15) is 0 Å². The van der Waals surface area contributed by atoms with Crippen molar-refractivity contribution in [1.82, 2.24) is 0 Å². The van der Waals surface area contributed by atoms with E-state index in [0.29, 0.717) is 0 Å². The van der Waals surface area contributed by atoms with Gasteiger partial charge in [0.15, 0.2) is 0 Å². The van der Waals surface area contributed by atoms with Crippen molar-refractivity contribution in [3.8, 4) is 11.1 Å². The highest BCUT2D eigenvalue weighted by atomic mass is 79.9. The summed E-state index contributed by atoms with van der Waals surface area (Å²) in [5, 5.41) is 8.10. The Morgan fingerprint density at radius 3 is 2.27 bits per heavy atom. The number of benzene rings is 5. The molecule has 1 aliphatic carbocycles. The van der Waals surface area contributed by atoms with Crippen LogP contribution in [0.3, 0.4) is 0 Å². The lowest BCUT2D eigenvalue weighted by atomic mass is 9.81. The van der Waals surface area contributed by atoms with Gasteiger partial charge in [0.25, 0.3) is 0 Å². The van der Waals surface area contributed by atoms with E-state index in [1.165, 1.54) is 59.0 Å². The lowest BCUT2D eigenvalue weighted by Gasteiger charge is -2.22. The minimum Gasteiger partial charge on any atom is -0.0619 e. The molecule has 5 aromatic rings. The third-order valence-electron chi connectivity index (χ3n) is 6.27. The van der Waals surface area contributed by atoms with Crippen LogP contribution in [0.5, 0.6) is 0 Å². The smallest absolute Gasteiger partial charge is 0.0254 e. The quantitative estimate of drug-likeness (QED) is 0.235.